The van der Waals surface area contributed by atoms with Crippen molar-refractivity contribution >= 4 is 5.97 Å². The first-order chi connectivity index (χ1) is 10.2. The van der Waals surface area contributed by atoms with Gasteiger partial charge in [0.15, 0.2) is 6.79 Å². The van der Waals surface area contributed by atoms with Gasteiger partial charge in [-0.3, -0.25) is 4.79 Å². The normalized spacial score (nSPS) is 41.6. The number of rotatable bonds is 6. The van der Waals surface area contributed by atoms with Crippen LogP contribution in [-0.4, -0.2) is 31.1 Å². The molecule has 0 aromatic carbocycles. The summed E-state index contributed by atoms with van der Waals surface area (Å²) in [7, 11) is 0. The van der Waals surface area contributed by atoms with E-state index in [-0.39, 0.29) is 30.9 Å². The summed E-state index contributed by atoms with van der Waals surface area (Å²) in [5.41, 5.74) is 0. The Morgan fingerprint density at radius 1 is 1.14 bits per heavy atom. The standard InChI is InChI=1S/C17H28O4/c1-3-13-9-14(15(4-2)21-13)17(18)20-10-19-16-8-11-5-6-12(16)7-11/h11-16H,3-10H2,1-2H3. The lowest BCUT2D eigenvalue weighted by atomic mass is 9.97. The number of carbonyl (C=O) groups is 1. The second kappa shape index (κ2) is 6.66. The van der Waals surface area contributed by atoms with E-state index >= 15 is 0 Å². The second-order valence-corrected chi connectivity index (χ2v) is 6.92. The summed E-state index contributed by atoms with van der Waals surface area (Å²) in [5.74, 6) is 1.31. The monoisotopic (exact) mass is 296 g/mol. The third kappa shape index (κ3) is 3.26. The highest BCUT2D eigenvalue weighted by Crippen LogP contribution is 2.45. The molecule has 1 heterocycles. The number of hydrogen-bond acceptors (Lipinski definition) is 4. The Morgan fingerprint density at radius 2 is 2.00 bits per heavy atom. The van der Waals surface area contributed by atoms with Crippen LogP contribution in [0, 0.1) is 17.8 Å². The predicted molar refractivity (Wildman–Crippen MR) is 78.6 cm³/mol. The van der Waals surface area contributed by atoms with Crippen LogP contribution in [0.25, 0.3) is 0 Å². The Balaban J connectivity index is 1.41. The van der Waals surface area contributed by atoms with Gasteiger partial charge < -0.3 is 14.2 Å². The van der Waals surface area contributed by atoms with Crippen LogP contribution < -0.4 is 0 Å². The molecule has 3 rings (SSSR count). The first kappa shape index (κ1) is 15.3. The Morgan fingerprint density at radius 3 is 2.62 bits per heavy atom. The smallest absolute Gasteiger partial charge is 0.313 e. The van der Waals surface area contributed by atoms with Crippen LogP contribution in [0.1, 0.15) is 58.8 Å². The summed E-state index contributed by atoms with van der Waals surface area (Å²) < 4.78 is 17.1. The minimum absolute atomic E-state index is 0.0185. The molecule has 4 heteroatoms. The average molecular weight is 296 g/mol. The molecule has 3 fully saturated rings. The van der Waals surface area contributed by atoms with E-state index in [0.29, 0.717) is 12.0 Å². The lowest BCUT2D eigenvalue weighted by molar-refractivity contribution is -0.169. The van der Waals surface area contributed by atoms with Crippen molar-refractivity contribution < 1.29 is 19.0 Å². The van der Waals surface area contributed by atoms with Crippen molar-refractivity contribution in [1.82, 2.24) is 0 Å². The van der Waals surface area contributed by atoms with Gasteiger partial charge >= 0.3 is 5.97 Å². The molecular weight excluding hydrogens is 268 g/mol. The van der Waals surface area contributed by atoms with Crippen LogP contribution in [0.4, 0.5) is 0 Å². The maximum atomic E-state index is 12.2. The van der Waals surface area contributed by atoms with Gasteiger partial charge in [0.1, 0.15) is 0 Å². The van der Waals surface area contributed by atoms with Gasteiger partial charge in [0.2, 0.25) is 0 Å². The molecule has 3 aliphatic rings. The molecule has 0 radical (unpaired) electrons. The van der Waals surface area contributed by atoms with Crippen LogP contribution in [0.15, 0.2) is 0 Å². The van der Waals surface area contributed by atoms with Crippen molar-refractivity contribution in [3.63, 3.8) is 0 Å². The molecule has 0 spiro atoms. The molecule has 0 aromatic heterocycles. The zero-order chi connectivity index (χ0) is 14.8. The number of carbonyl (C=O) groups excluding carboxylic acids is 1. The SMILES string of the molecule is CCC1CC(C(=O)OCOC2CC3CCC2C3)C(CC)O1. The first-order valence-corrected chi connectivity index (χ1v) is 8.64. The number of esters is 1. The number of ether oxygens (including phenoxy) is 3. The highest BCUT2D eigenvalue weighted by Gasteiger charge is 2.41. The van der Waals surface area contributed by atoms with Crippen molar-refractivity contribution in [1.29, 1.82) is 0 Å². The van der Waals surface area contributed by atoms with Gasteiger partial charge in [-0.1, -0.05) is 13.8 Å². The van der Waals surface area contributed by atoms with E-state index in [1.807, 2.05) is 0 Å². The molecule has 0 N–H and O–H groups in total. The van der Waals surface area contributed by atoms with Gasteiger partial charge in [-0.15, -0.1) is 0 Å². The van der Waals surface area contributed by atoms with Gasteiger partial charge in [0.25, 0.3) is 0 Å². The van der Waals surface area contributed by atoms with E-state index in [9.17, 15) is 4.79 Å². The Bertz CT molecular complexity index is 370. The minimum Gasteiger partial charge on any atom is -0.438 e. The van der Waals surface area contributed by atoms with Crippen molar-refractivity contribution in [2.75, 3.05) is 6.79 Å². The molecule has 6 unspecified atom stereocenters. The fourth-order valence-corrected chi connectivity index (χ4v) is 4.40. The first-order valence-electron chi connectivity index (χ1n) is 8.64. The predicted octanol–water partition coefficient (Wildman–Crippen LogP) is 3.29. The molecule has 0 amide bonds. The van der Waals surface area contributed by atoms with Gasteiger partial charge in [0.05, 0.1) is 24.2 Å². The highest BCUT2D eigenvalue weighted by molar-refractivity contribution is 5.73. The summed E-state index contributed by atoms with van der Waals surface area (Å²) in [6, 6.07) is 0. The third-order valence-corrected chi connectivity index (χ3v) is 5.65. The zero-order valence-electron chi connectivity index (χ0n) is 13.3. The van der Waals surface area contributed by atoms with E-state index in [1.165, 1.54) is 19.3 Å². The molecule has 2 aliphatic carbocycles. The summed E-state index contributed by atoms with van der Waals surface area (Å²) in [5, 5.41) is 0. The summed E-state index contributed by atoms with van der Waals surface area (Å²) >= 11 is 0. The molecule has 6 atom stereocenters. The molecule has 21 heavy (non-hydrogen) atoms. The van der Waals surface area contributed by atoms with Gasteiger partial charge in [-0.25, -0.2) is 0 Å². The molecular formula is C17H28O4. The molecule has 4 nitrogen and oxygen atoms in total. The molecule has 1 aliphatic heterocycles. The molecule has 120 valence electrons. The Labute approximate surface area is 127 Å². The van der Waals surface area contributed by atoms with Gasteiger partial charge in [-0.2, -0.15) is 0 Å². The van der Waals surface area contributed by atoms with E-state index in [2.05, 4.69) is 13.8 Å². The van der Waals surface area contributed by atoms with E-state index in [1.54, 1.807) is 0 Å². The zero-order valence-corrected chi connectivity index (χ0v) is 13.3. The lowest BCUT2D eigenvalue weighted by Crippen LogP contribution is -2.28. The minimum atomic E-state index is -0.138. The maximum Gasteiger partial charge on any atom is 0.313 e. The number of fused-ring (bicyclic) bond motifs is 2. The van der Waals surface area contributed by atoms with Crippen molar-refractivity contribution in [2.24, 2.45) is 17.8 Å². The lowest BCUT2D eigenvalue weighted by Gasteiger charge is -2.22. The topological polar surface area (TPSA) is 44.8 Å². The third-order valence-electron chi connectivity index (χ3n) is 5.65. The average Bonchev–Trinajstić information content (AvgIpc) is 3.21. The molecule has 2 saturated carbocycles. The van der Waals surface area contributed by atoms with Crippen LogP contribution in [0.3, 0.4) is 0 Å². The highest BCUT2D eigenvalue weighted by atomic mass is 16.7. The molecule has 0 aromatic rings. The van der Waals surface area contributed by atoms with Gasteiger partial charge in [-0.05, 0) is 56.8 Å². The summed E-state index contributed by atoms with van der Waals surface area (Å²) in [4.78, 5) is 12.2. The van der Waals surface area contributed by atoms with Crippen LogP contribution in [0.5, 0.6) is 0 Å². The van der Waals surface area contributed by atoms with E-state index < -0.39 is 0 Å². The largest absolute Gasteiger partial charge is 0.438 e. The van der Waals surface area contributed by atoms with Crippen molar-refractivity contribution in [3.05, 3.63) is 0 Å². The van der Waals surface area contributed by atoms with Crippen LogP contribution >= 0.6 is 0 Å². The maximum absolute atomic E-state index is 12.2. The fraction of sp³-hybridized carbons (Fsp3) is 0.941. The summed E-state index contributed by atoms with van der Waals surface area (Å²) in [6.45, 7) is 4.29. The summed E-state index contributed by atoms with van der Waals surface area (Å²) in [6.07, 6.45) is 8.28. The number of hydrogen-bond donors (Lipinski definition) is 0. The Hall–Kier alpha value is -0.610. The Kier molecular flexibility index (Phi) is 4.85. The van der Waals surface area contributed by atoms with Crippen LogP contribution in [-0.2, 0) is 19.0 Å². The van der Waals surface area contributed by atoms with Gasteiger partial charge in [0, 0.05) is 0 Å². The van der Waals surface area contributed by atoms with Crippen molar-refractivity contribution in [3.8, 4) is 0 Å². The van der Waals surface area contributed by atoms with Crippen molar-refractivity contribution in [2.45, 2.75) is 77.1 Å². The quantitative estimate of drug-likeness (QED) is 0.557. The van der Waals surface area contributed by atoms with E-state index in [4.69, 9.17) is 14.2 Å². The fourth-order valence-electron chi connectivity index (χ4n) is 4.40. The van der Waals surface area contributed by atoms with Crippen LogP contribution in [0.2, 0.25) is 0 Å². The molecule has 2 bridgehead atoms. The second-order valence-electron chi connectivity index (χ2n) is 6.92. The molecule has 1 saturated heterocycles. The van der Waals surface area contributed by atoms with E-state index in [0.717, 1.165) is 31.6 Å².